The monoisotopic (exact) mass is 656 g/mol. The summed E-state index contributed by atoms with van der Waals surface area (Å²) in [7, 11) is -4.01. The fraction of sp³-hybridized carbons (Fsp3) is 0.143. The van der Waals surface area contributed by atoms with Crippen LogP contribution >= 0.6 is 31.9 Å². The van der Waals surface area contributed by atoms with Crippen LogP contribution in [0.2, 0.25) is 0 Å². The molecule has 1 amide bonds. The van der Waals surface area contributed by atoms with Crippen molar-refractivity contribution in [2.75, 3.05) is 10.8 Å². The van der Waals surface area contributed by atoms with Crippen molar-refractivity contribution in [3.63, 3.8) is 0 Å². The average Bonchev–Trinajstić information content (AvgIpc) is 3.16. The summed E-state index contributed by atoms with van der Waals surface area (Å²) in [5.74, 6) is -0.571. The number of aryl methyl sites for hydroxylation is 2. The lowest BCUT2D eigenvalue weighted by Gasteiger charge is -2.24. The number of rotatable bonds is 8. The van der Waals surface area contributed by atoms with Gasteiger partial charge in [0, 0.05) is 31.6 Å². The highest BCUT2D eigenvalue weighted by Crippen LogP contribution is 2.26. The number of nitrogens with one attached hydrogen (secondary N) is 1. The van der Waals surface area contributed by atoms with Gasteiger partial charge in [-0.3, -0.25) is 9.10 Å². The summed E-state index contributed by atoms with van der Waals surface area (Å²) in [5.41, 5.74) is 7.59. The van der Waals surface area contributed by atoms with Crippen LogP contribution in [0.4, 0.5) is 5.69 Å². The molecule has 0 fully saturated rings. The van der Waals surface area contributed by atoms with Gasteiger partial charge < -0.3 is 4.57 Å². The Hall–Kier alpha value is -3.21. The smallest absolute Gasteiger partial charge is 0.264 e. The Morgan fingerprint density at radius 2 is 1.63 bits per heavy atom. The fourth-order valence-corrected chi connectivity index (χ4v) is 6.09. The van der Waals surface area contributed by atoms with E-state index in [0.29, 0.717) is 10.2 Å². The second kappa shape index (κ2) is 11.7. The van der Waals surface area contributed by atoms with Gasteiger partial charge in [0.05, 0.1) is 16.8 Å². The zero-order valence-corrected chi connectivity index (χ0v) is 25.0. The van der Waals surface area contributed by atoms with Gasteiger partial charge in [0.1, 0.15) is 6.54 Å². The zero-order chi connectivity index (χ0) is 27.4. The predicted octanol–water partition coefficient (Wildman–Crippen LogP) is 6.27. The van der Waals surface area contributed by atoms with Gasteiger partial charge in [-0.2, -0.15) is 5.10 Å². The van der Waals surface area contributed by atoms with E-state index >= 15 is 0 Å². The third kappa shape index (κ3) is 6.25. The highest BCUT2D eigenvalue weighted by Gasteiger charge is 2.27. The number of sulfonamides is 1. The van der Waals surface area contributed by atoms with Gasteiger partial charge in [-0.15, -0.1) is 0 Å². The molecule has 1 N–H and O–H groups in total. The van der Waals surface area contributed by atoms with Crippen molar-refractivity contribution in [3.8, 4) is 5.69 Å². The molecule has 0 aliphatic rings. The minimum absolute atomic E-state index is 0.0970. The summed E-state index contributed by atoms with van der Waals surface area (Å²) in [5, 5.41) is 4.12. The molecule has 0 spiro atoms. The molecule has 0 saturated heterocycles. The molecule has 7 nitrogen and oxygen atoms in total. The molecule has 4 rings (SSSR count). The highest BCUT2D eigenvalue weighted by molar-refractivity contribution is 9.10. The van der Waals surface area contributed by atoms with Crippen LogP contribution < -0.4 is 9.73 Å². The van der Waals surface area contributed by atoms with Gasteiger partial charge in [0.15, 0.2) is 0 Å². The van der Waals surface area contributed by atoms with Crippen molar-refractivity contribution in [2.45, 2.75) is 25.7 Å². The Balaban J connectivity index is 1.55. The van der Waals surface area contributed by atoms with E-state index in [2.05, 4.69) is 47.0 Å². The molecule has 0 radical (unpaired) electrons. The fourth-order valence-electron chi connectivity index (χ4n) is 4.03. The third-order valence-electron chi connectivity index (χ3n) is 5.94. The first-order valence-corrected chi connectivity index (χ1v) is 14.7. The van der Waals surface area contributed by atoms with E-state index in [4.69, 9.17) is 0 Å². The van der Waals surface area contributed by atoms with E-state index in [9.17, 15) is 13.2 Å². The standard InChI is InChI=1S/C28H26Br2N4O3S/c1-19-7-13-27(14-8-19)38(36,37)33(26-6-4-5-24(30)16-26)18-28(35)32-31-17-22-15-20(2)34(21(22)3)25-11-9-23(29)10-12-25/h4-17H,18H2,1-3H3,(H,32,35)/b31-17-. The number of hydrazone groups is 1. The molecule has 1 aromatic heterocycles. The van der Waals surface area contributed by atoms with E-state index in [0.717, 1.165) is 37.0 Å². The van der Waals surface area contributed by atoms with Crippen molar-refractivity contribution in [2.24, 2.45) is 5.10 Å². The van der Waals surface area contributed by atoms with Crippen LogP contribution in [0.25, 0.3) is 5.69 Å². The van der Waals surface area contributed by atoms with E-state index in [1.54, 1.807) is 42.6 Å². The Morgan fingerprint density at radius 1 is 0.947 bits per heavy atom. The maximum atomic E-state index is 13.5. The number of amides is 1. The molecule has 196 valence electrons. The first kappa shape index (κ1) is 27.8. The van der Waals surface area contributed by atoms with Gasteiger partial charge in [0.2, 0.25) is 0 Å². The van der Waals surface area contributed by atoms with Gasteiger partial charge >= 0.3 is 0 Å². The van der Waals surface area contributed by atoms with Crippen LogP contribution in [0.1, 0.15) is 22.5 Å². The number of anilines is 1. The van der Waals surface area contributed by atoms with E-state index in [1.807, 2.05) is 51.1 Å². The van der Waals surface area contributed by atoms with Crippen molar-refractivity contribution in [1.82, 2.24) is 9.99 Å². The highest BCUT2D eigenvalue weighted by atomic mass is 79.9. The molecule has 0 aliphatic heterocycles. The molecule has 0 saturated carbocycles. The van der Waals surface area contributed by atoms with Gasteiger partial charge in [-0.25, -0.2) is 13.8 Å². The lowest BCUT2D eigenvalue weighted by atomic mass is 10.2. The topological polar surface area (TPSA) is 83.8 Å². The second-order valence-electron chi connectivity index (χ2n) is 8.74. The minimum atomic E-state index is -4.01. The first-order chi connectivity index (χ1) is 18.1. The Morgan fingerprint density at radius 3 is 2.29 bits per heavy atom. The van der Waals surface area contributed by atoms with Gasteiger partial charge in [-0.1, -0.05) is 55.6 Å². The molecule has 0 aliphatic carbocycles. The molecule has 1 heterocycles. The normalized spacial score (nSPS) is 11.6. The first-order valence-electron chi connectivity index (χ1n) is 11.7. The van der Waals surface area contributed by atoms with Crippen LogP contribution in [0.3, 0.4) is 0 Å². The van der Waals surface area contributed by atoms with Crippen LogP contribution in [-0.2, 0) is 14.8 Å². The Bertz CT molecular complexity index is 1600. The van der Waals surface area contributed by atoms with E-state index in [-0.39, 0.29) is 4.90 Å². The molecule has 0 unspecified atom stereocenters. The predicted molar refractivity (Wildman–Crippen MR) is 159 cm³/mol. The number of aromatic nitrogens is 1. The average molecular weight is 658 g/mol. The maximum Gasteiger partial charge on any atom is 0.264 e. The Kier molecular flexibility index (Phi) is 8.54. The maximum absolute atomic E-state index is 13.5. The number of hydrogen-bond acceptors (Lipinski definition) is 4. The third-order valence-corrected chi connectivity index (χ3v) is 8.75. The molecule has 0 atom stereocenters. The number of halogens is 2. The largest absolute Gasteiger partial charge is 0.318 e. The minimum Gasteiger partial charge on any atom is -0.318 e. The van der Waals surface area contributed by atoms with Crippen molar-refractivity contribution in [1.29, 1.82) is 0 Å². The quantitative estimate of drug-likeness (QED) is 0.179. The van der Waals surface area contributed by atoms with E-state index in [1.165, 1.54) is 12.1 Å². The molecule has 0 bridgehead atoms. The van der Waals surface area contributed by atoms with Crippen LogP contribution in [0, 0.1) is 20.8 Å². The van der Waals surface area contributed by atoms with Crippen molar-refractivity contribution >= 4 is 59.7 Å². The van der Waals surface area contributed by atoms with Crippen molar-refractivity contribution in [3.05, 3.63) is 110 Å². The number of benzene rings is 3. The van der Waals surface area contributed by atoms with Crippen LogP contribution in [0.5, 0.6) is 0 Å². The lowest BCUT2D eigenvalue weighted by molar-refractivity contribution is -0.119. The summed E-state index contributed by atoms with van der Waals surface area (Å²) in [4.78, 5) is 13.0. The summed E-state index contributed by atoms with van der Waals surface area (Å²) in [6.07, 6.45) is 1.56. The number of hydrogen-bond donors (Lipinski definition) is 1. The molecule has 38 heavy (non-hydrogen) atoms. The zero-order valence-electron chi connectivity index (χ0n) is 21.0. The summed E-state index contributed by atoms with van der Waals surface area (Å²) in [6.45, 7) is 5.41. The second-order valence-corrected chi connectivity index (χ2v) is 12.4. The van der Waals surface area contributed by atoms with Crippen LogP contribution in [-0.4, -0.2) is 31.7 Å². The molecule has 3 aromatic carbocycles. The molecule has 10 heteroatoms. The van der Waals surface area contributed by atoms with Crippen molar-refractivity contribution < 1.29 is 13.2 Å². The molecular formula is C28H26Br2N4O3S. The summed E-state index contributed by atoms with van der Waals surface area (Å²) < 4.78 is 31.9. The SMILES string of the molecule is Cc1ccc(S(=O)(=O)N(CC(=O)N/N=C\c2cc(C)n(-c3ccc(Br)cc3)c2C)c2cccc(Br)c2)cc1. The van der Waals surface area contributed by atoms with Crippen LogP contribution in [0.15, 0.2) is 97.8 Å². The molecule has 4 aromatic rings. The number of carbonyl (C=O) groups excluding carboxylic acids is 1. The van der Waals surface area contributed by atoms with E-state index < -0.39 is 22.5 Å². The Labute approximate surface area is 239 Å². The number of nitrogens with zero attached hydrogens (tertiary/aromatic N) is 3. The summed E-state index contributed by atoms with van der Waals surface area (Å²) >= 11 is 6.84. The van der Waals surface area contributed by atoms with Gasteiger partial charge in [0.25, 0.3) is 15.9 Å². The molecular weight excluding hydrogens is 632 g/mol. The van der Waals surface area contributed by atoms with Gasteiger partial charge in [-0.05, 0) is 81.4 Å². The lowest BCUT2D eigenvalue weighted by Crippen LogP contribution is -2.39. The summed E-state index contributed by atoms with van der Waals surface area (Å²) in [6, 6.07) is 23.3. The number of carbonyl (C=O) groups is 1.